The molecule has 0 radical (unpaired) electrons. The first-order valence-electron chi connectivity index (χ1n) is 15.8. The normalized spacial score (nSPS) is 19.3. The number of aliphatic hydroxyl groups is 3. The van der Waals surface area contributed by atoms with Crippen LogP contribution < -0.4 is 10.6 Å². The van der Waals surface area contributed by atoms with E-state index in [0.717, 1.165) is 72.3 Å². The molecule has 44 heavy (non-hydrogen) atoms. The minimum Gasteiger partial charge on any atom is -0.469 e. The standard InChI is InChI=1S/C33H50N6O5/c1-5-11-22(2)31(41)34-16-9-6-10-17-39-20-24-18-23(14-15-25(24)35-28(33(39)43)19-30(40)44-4)32(42)38(3)21-29-36-26-12-7-8-13-27(26)37-29/h7-8,12-15,18,22,28,31-35,41-43H,5-6,9-11,16-17,19-21H2,1-4H3,(H,36,37)/t22-,28+,31-,32+,33+/m1/s1. The Hall–Kier alpha value is -3.06. The number of carbonyl (C=O) groups excluding carboxylic acids is 1. The summed E-state index contributed by atoms with van der Waals surface area (Å²) in [7, 11) is 3.20. The molecule has 4 rings (SSSR count). The largest absolute Gasteiger partial charge is 0.469 e. The Morgan fingerprint density at radius 2 is 2.00 bits per heavy atom. The molecule has 0 aliphatic carbocycles. The van der Waals surface area contributed by atoms with E-state index in [2.05, 4.69) is 34.4 Å². The van der Waals surface area contributed by atoms with Crippen molar-refractivity contribution in [1.29, 1.82) is 0 Å². The highest BCUT2D eigenvalue weighted by Gasteiger charge is 2.32. The number of unbranched alkanes of at least 4 members (excludes halogenated alkanes) is 2. The number of hydrogen-bond donors (Lipinski definition) is 6. The van der Waals surface area contributed by atoms with Crippen LogP contribution in [0.15, 0.2) is 42.5 Å². The lowest BCUT2D eigenvalue weighted by Crippen LogP contribution is -2.46. The molecule has 0 saturated carbocycles. The van der Waals surface area contributed by atoms with Crippen LogP contribution >= 0.6 is 0 Å². The number of fused-ring (bicyclic) bond motifs is 2. The summed E-state index contributed by atoms with van der Waals surface area (Å²) in [5.74, 6) is 0.593. The van der Waals surface area contributed by atoms with Crippen LogP contribution in [-0.2, 0) is 22.6 Å². The first-order valence-corrected chi connectivity index (χ1v) is 15.8. The third kappa shape index (κ3) is 8.99. The molecule has 1 aliphatic heterocycles. The minimum absolute atomic E-state index is 0.0238. The summed E-state index contributed by atoms with van der Waals surface area (Å²) in [6.45, 7) is 6.43. The predicted molar refractivity (Wildman–Crippen MR) is 171 cm³/mol. The quantitative estimate of drug-likeness (QED) is 0.0807. The number of nitrogens with zero attached hydrogens (tertiary/aromatic N) is 3. The molecule has 1 aliphatic rings. The van der Waals surface area contributed by atoms with Gasteiger partial charge in [-0.25, -0.2) is 4.98 Å². The molecule has 1 aromatic heterocycles. The topological polar surface area (TPSA) is 146 Å². The molecule has 0 unspecified atom stereocenters. The molecule has 0 amide bonds. The molecule has 6 N–H and O–H groups in total. The highest BCUT2D eigenvalue weighted by atomic mass is 16.5. The molecule has 5 atom stereocenters. The molecule has 242 valence electrons. The van der Waals surface area contributed by atoms with Crippen molar-refractivity contribution in [3.8, 4) is 0 Å². The van der Waals surface area contributed by atoms with Gasteiger partial charge in [0.15, 0.2) is 0 Å². The van der Waals surface area contributed by atoms with Crippen LogP contribution in [0, 0.1) is 5.92 Å². The average Bonchev–Trinajstić information content (AvgIpc) is 3.38. The zero-order chi connectivity index (χ0) is 31.6. The number of aromatic nitrogens is 2. The monoisotopic (exact) mass is 610 g/mol. The lowest BCUT2D eigenvalue weighted by Gasteiger charge is -2.30. The summed E-state index contributed by atoms with van der Waals surface area (Å²) >= 11 is 0. The van der Waals surface area contributed by atoms with E-state index in [1.54, 1.807) is 0 Å². The third-order valence-corrected chi connectivity index (χ3v) is 8.50. The van der Waals surface area contributed by atoms with Crippen LogP contribution in [0.2, 0.25) is 0 Å². The Labute approximate surface area is 260 Å². The SMILES string of the molecule is CCC[C@@H](C)[C@@H](O)NCCCCCN1Cc2cc([C@H](O)N(C)Cc3nc4ccccc4[nH]3)ccc2N[C@@H](CC(=O)OC)[C@@H]1O. The maximum Gasteiger partial charge on any atom is 0.307 e. The second kappa shape index (κ2) is 16.3. The molecule has 2 heterocycles. The van der Waals surface area contributed by atoms with Crippen molar-refractivity contribution in [2.75, 3.05) is 32.6 Å². The van der Waals surface area contributed by atoms with E-state index in [1.807, 2.05) is 59.3 Å². The fourth-order valence-corrected chi connectivity index (χ4v) is 5.86. The van der Waals surface area contributed by atoms with Crippen LogP contribution in [-0.4, -0.2) is 86.8 Å². The molecule has 0 spiro atoms. The summed E-state index contributed by atoms with van der Waals surface area (Å²) < 4.78 is 4.90. The van der Waals surface area contributed by atoms with Gasteiger partial charge in [0.2, 0.25) is 0 Å². The van der Waals surface area contributed by atoms with Gasteiger partial charge in [-0.1, -0.05) is 44.9 Å². The molecular formula is C33H50N6O5. The van der Waals surface area contributed by atoms with E-state index in [-0.39, 0.29) is 12.3 Å². The number of hydrogen-bond acceptors (Lipinski definition) is 10. The van der Waals surface area contributed by atoms with Crippen molar-refractivity contribution < 1.29 is 24.9 Å². The van der Waals surface area contributed by atoms with Crippen molar-refractivity contribution >= 4 is 22.7 Å². The Kier molecular flexibility index (Phi) is 12.5. The number of esters is 1. The van der Waals surface area contributed by atoms with Gasteiger partial charge in [0.25, 0.3) is 0 Å². The lowest BCUT2D eigenvalue weighted by molar-refractivity contribution is -0.142. The van der Waals surface area contributed by atoms with Crippen molar-refractivity contribution in [1.82, 2.24) is 25.1 Å². The summed E-state index contributed by atoms with van der Waals surface area (Å²) in [6, 6.07) is 13.0. The minimum atomic E-state index is -0.902. The molecule has 11 heteroatoms. The van der Waals surface area contributed by atoms with E-state index >= 15 is 0 Å². The van der Waals surface area contributed by atoms with Gasteiger partial charge in [-0.3, -0.25) is 19.9 Å². The van der Waals surface area contributed by atoms with Gasteiger partial charge >= 0.3 is 5.97 Å². The van der Waals surface area contributed by atoms with Crippen LogP contribution in [0.4, 0.5) is 5.69 Å². The highest BCUT2D eigenvalue weighted by Crippen LogP contribution is 2.30. The number of H-pyrrole nitrogens is 1. The van der Waals surface area contributed by atoms with Crippen LogP contribution in [0.25, 0.3) is 11.0 Å². The molecule has 0 fully saturated rings. The maximum absolute atomic E-state index is 12.2. The smallest absolute Gasteiger partial charge is 0.307 e. The number of imidazole rings is 1. The van der Waals surface area contributed by atoms with Gasteiger partial charge in [0, 0.05) is 18.8 Å². The number of carbonyl (C=O) groups is 1. The first kappa shape index (κ1) is 33.8. The Bertz CT molecular complexity index is 1300. The summed E-state index contributed by atoms with van der Waals surface area (Å²) in [6.07, 6.45) is 2.48. The zero-order valence-corrected chi connectivity index (χ0v) is 26.5. The Morgan fingerprint density at radius 1 is 1.20 bits per heavy atom. The first-order chi connectivity index (χ1) is 21.2. The van der Waals surface area contributed by atoms with Crippen molar-refractivity contribution in [3.05, 3.63) is 59.4 Å². The number of ether oxygens (including phenoxy) is 1. The van der Waals surface area contributed by atoms with Crippen molar-refractivity contribution in [2.45, 2.75) is 90.2 Å². The number of aliphatic hydroxyl groups excluding tert-OH is 3. The zero-order valence-electron chi connectivity index (χ0n) is 26.5. The molecule has 0 saturated heterocycles. The molecule has 2 aromatic carbocycles. The Balaban J connectivity index is 1.40. The molecular weight excluding hydrogens is 560 g/mol. The fraction of sp³-hybridized carbons (Fsp3) is 0.576. The Morgan fingerprint density at radius 3 is 2.75 bits per heavy atom. The van der Waals surface area contributed by atoms with Crippen molar-refractivity contribution in [2.24, 2.45) is 5.92 Å². The van der Waals surface area contributed by atoms with Gasteiger partial charge in [0.1, 0.15) is 24.5 Å². The lowest BCUT2D eigenvalue weighted by atomic mass is 10.0. The third-order valence-electron chi connectivity index (χ3n) is 8.50. The summed E-state index contributed by atoms with van der Waals surface area (Å²) in [5.41, 5.74) is 4.32. The number of anilines is 1. The summed E-state index contributed by atoms with van der Waals surface area (Å²) in [4.78, 5) is 23.9. The van der Waals surface area contributed by atoms with E-state index in [4.69, 9.17) is 4.74 Å². The van der Waals surface area contributed by atoms with E-state index < -0.39 is 30.7 Å². The fourth-order valence-electron chi connectivity index (χ4n) is 5.86. The van der Waals surface area contributed by atoms with Crippen LogP contribution in [0.1, 0.15) is 75.6 Å². The average molecular weight is 611 g/mol. The van der Waals surface area contributed by atoms with Crippen LogP contribution in [0.3, 0.4) is 0 Å². The second-order valence-corrected chi connectivity index (χ2v) is 12.0. The van der Waals surface area contributed by atoms with E-state index in [1.165, 1.54) is 7.11 Å². The highest BCUT2D eigenvalue weighted by molar-refractivity contribution is 5.74. The number of nitrogens with one attached hydrogen (secondary N) is 3. The van der Waals surface area contributed by atoms with Gasteiger partial charge in [-0.05, 0) is 74.2 Å². The number of rotatable bonds is 16. The number of benzene rings is 2. The predicted octanol–water partition coefficient (Wildman–Crippen LogP) is 3.68. The van der Waals surface area contributed by atoms with E-state index in [0.29, 0.717) is 19.6 Å². The van der Waals surface area contributed by atoms with Crippen LogP contribution in [0.5, 0.6) is 0 Å². The maximum atomic E-state index is 12.2. The number of methoxy groups -OCH3 is 1. The van der Waals surface area contributed by atoms with Gasteiger partial charge < -0.3 is 30.4 Å². The van der Waals surface area contributed by atoms with Gasteiger partial charge in [-0.15, -0.1) is 0 Å². The van der Waals surface area contributed by atoms with Gasteiger partial charge in [-0.2, -0.15) is 0 Å². The van der Waals surface area contributed by atoms with E-state index in [9.17, 15) is 20.1 Å². The second-order valence-electron chi connectivity index (χ2n) is 12.0. The van der Waals surface area contributed by atoms with Gasteiger partial charge in [0.05, 0.1) is 37.2 Å². The molecule has 3 aromatic rings. The number of para-hydroxylation sites is 2. The molecule has 0 bridgehead atoms. The van der Waals surface area contributed by atoms with Crippen molar-refractivity contribution in [3.63, 3.8) is 0 Å². The number of aromatic amines is 1. The molecule has 11 nitrogen and oxygen atoms in total. The summed E-state index contributed by atoms with van der Waals surface area (Å²) in [5, 5.41) is 39.4.